The molecular weight excluding hydrogens is 394 g/mol. The fourth-order valence-corrected chi connectivity index (χ4v) is 5.01. The van der Waals surface area contributed by atoms with Crippen molar-refractivity contribution < 1.29 is 4.79 Å². The van der Waals surface area contributed by atoms with Crippen LogP contribution in [0.5, 0.6) is 0 Å². The van der Waals surface area contributed by atoms with Gasteiger partial charge >= 0.3 is 0 Å². The lowest BCUT2D eigenvalue weighted by molar-refractivity contribution is -0.134. The lowest BCUT2D eigenvalue weighted by atomic mass is 9.98. The number of carbonyl (C=O) groups excluding carboxylic acids is 1. The lowest BCUT2D eigenvalue weighted by Crippen LogP contribution is -2.49. The van der Waals surface area contributed by atoms with Crippen LogP contribution in [0.15, 0.2) is 66.9 Å². The topological polar surface area (TPSA) is 36.4 Å². The Morgan fingerprint density at radius 2 is 1.81 bits per heavy atom. The smallest absolute Gasteiger partial charge is 0.227 e. The van der Waals surface area contributed by atoms with Gasteiger partial charge in [0.25, 0.3) is 0 Å². The monoisotopic (exact) mass is 429 g/mol. The van der Waals surface area contributed by atoms with E-state index in [9.17, 15) is 4.79 Å². The van der Waals surface area contributed by atoms with E-state index in [1.54, 1.807) is 0 Å². The first-order valence-corrected chi connectivity index (χ1v) is 12.1. The summed E-state index contributed by atoms with van der Waals surface area (Å²) in [5, 5.41) is 1.09. The highest BCUT2D eigenvalue weighted by molar-refractivity contribution is 5.87. The minimum Gasteiger partial charge on any atom is -0.335 e. The Kier molecular flexibility index (Phi) is 7.54. The molecule has 1 aliphatic rings. The first-order valence-electron chi connectivity index (χ1n) is 12.1. The molecule has 1 atom stereocenters. The van der Waals surface area contributed by atoms with Gasteiger partial charge in [-0.25, -0.2) is 0 Å². The van der Waals surface area contributed by atoms with E-state index in [1.165, 1.54) is 18.4 Å². The summed E-state index contributed by atoms with van der Waals surface area (Å²) in [5.41, 5.74) is 3.14. The molecular formula is C28H35N3O. The van der Waals surface area contributed by atoms with Gasteiger partial charge in [0, 0.05) is 43.3 Å². The molecule has 32 heavy (non-hydrogen) atoms. The molecule has 1 aromatic heterocycles. The molecule has 4 rings (SSSR count). The van der Waals surface area contributed by atoms with E-state index in [0.717, 1.165) is 42.4 Å². The average Bonchev–Trinajstić information content (AvgIpc) is 2.84. The molecule has 1 fully saturated rings. The second kappa shape index (κ2) is 10.7. The number of para-hydroxylation sites is 1. The van der Waals surface area contributed by atoms with Gasteiger partial charge in [0.15, 0.2) is 0 Å². The highest BCUT2D eigenvalue weighted by Crippen LogP contribution is 2.24. The molecule has 4 heteroatoms. The Morgan fingerprint density at radius 3 is 2.56 bits per heavy atom. The van der Waals surface area contributed by atoms with Gasteiger partial charge < -0.3 is 9.80 Å². The molecule has 168 valence electrons. The van der Waals surface area contributed by atoms with Crippen molar-refractivity contribution in [2.24, 2.45) is 0 Å². The van der Waals surface area contributed by atoms with E-state index >= 15 is 0 Å². The number of rotatable bonds is 8. The number of aromatic nitrogens is 1. The minimum atomic E-state index is 0.201. The lowest BCUT2D eigenvalue weighted by Gasteiger charge is -2.41. The molecule has 1 saturated heterocycles. The van der Waals surface area contributed by atoms with Gasteiger partial charge in [-0.1, -0.05) is 67.9 Å². The van der Waals surface area contributed by atoms with Gasteiger partial charge in [0.05, 0.1) is 11.9 Å². The van der Waals surface area contributed by atoms with Gasteiger partial charge in [-0.2, -0.15) is 0 Å². The predicted octanol–water partition coefficient (Wildman–Crippen LogP) is 5.46. The molecule has 0 bridgehead atoms. The molecule has 0 aliphatic carbocycles. The SMILES string of the molecule is CCCC(C)N1CCC(N(Cc2ccccc2)C(=O)Cc2cccc3cccnc23)CC1. The van der Waals surface area contributed by atoms with E-state index in [4.69, 9.17) is 0 Å². The quantitative estimate of drug-likeness (QED) is 0.477. The van der Waals surface area contributed by atoms with Crippen LogP contribution in [0.25, 0.3) is 10.9 Å². The predicted molar refractivity (Wildman–Crippen MR) is 131 cm³/mol. The largest absolute Gasteiger partial charge is 0.335 e. The van der Waals surface area contributed by atoms with Gasteiger partial charge in [-0.3, -0.25) is 9.78 Å². The third kappa shape index (κ3) is 5.36. The zero-order chi connectivity index (χ0) is 22.3. The fourth-order valence-electron chi connectivity index (χ4n) is 5.01. The number of likely N-dealkylation sites (tertiary alicyclic amines) is 1. The van der Waals surface area contributed by atoms with Crippen LogP contribution >= 0.6 is 0 Å². The Morgan fingerprint density at radius 1 is 1.06 bits per heavy atom. The molecule has 0 saturated carbocycles. The first-order chi connectivity index (χ1) is 15.7. The van der Waals surface area contributed by atoms with Crippen molar-refractivity contribution in [2.75, 3.05) is 13.1 Å². The number of amides is 1. The fraction of sp³-hybridized carbons (Fsp3) is 0.429. The summed E-state index contributed by atoms with van der Waals surface area (Å²) in [6.07, 6.45) is 6.75. The second-order valence-corrected chi connectivity index (χ2v) is 9.08. The van der Waals surface area contributed by atoms with Gasteiger partial charge in [0.2, 0.25) is 5.91 Å². The standard InChI is InChI=1S/C28H35N3O/c1-3-9-22(2)30-18-15-26(16-19-30)31(21-23-10-5-4-6-11-23)27(32)20-25-13-7-12-24-14-8-17-29-28(24)25/h4-8,10-14,17,22,26H,3,9,15-16,18-21H2,1-2H3. The third-order valence-electron chi connectivity index (χ3n) is 6.84. The van der Waals surface area contributed by atoms with E-state index in [2.05, 4.69) is 65.0 Å². The van der Waals surface area contributed by atoms with E-state index in [-0.39, 0.29) is 11.9 Å². The summed E-state index contributed by atoms with van der Waals surface area (Å²) in [5.74, 6) is 0.201. The summed E-state index contributed by atoms with van der Waals surface area (Å²) in [6, 6.07) is 21.5. The van der Waals surface area contributed by atoms with Crippen LogP contribution in [-0.2, 0) is 17.8 Å². The minimum absolute atomic E-state index is 0.201. The van der Waals surface area contributed by atoms with Gasteiger partial charge in [-0.05, 0) is 43.4 Å². The summed E-state index contributed by atoms with van der Waals surface area (Å²) in [7, 11) is 0. The third-order valence-corrected chi connectivity index (χ3v) is 6.84. The molecule has 0 N–H and O–H groups in total. The molecule has 0 radical (unpaired) electrons. The number of nitrogens with zero attached hydrogens (tertiary/aromatic N) is 3. The molecule has 4 nitrogen and oxygen atoms in total. The van der Waals surface area contributed by atoms with E-state index in [1.807, 2.05) is 30.5 Å². The number of pyridine rings is 1. The van der Waals surface area contributed by atoms with E-state index in [0.29, 0.717) is 19.0 Å². The number of fused-ring (bicyclic) bond motifs is 1. The van der Waals surface area contributed by atoms with Crippen molar-refractivity contribution in [3.8, 4) is 0 Å². The number of hydrogen-bond donors (Lipinski definition) is 0. The molecule has 3 aromatic rings. The summed E-state index contributed by atoms with van der Waals surface area (Å²) in [6.45, 7) is 7.41. The van der Waals surface area contributed by atoms with Gasteiger partial charge in [-0.15, -0.1) is 0 Å². The molecule has 1 aliphatic heterocycles. The Balaban J connectivity index is 1.52. The van der Waals surface area contributed by atoms with Crippen molar-refractivity contribution in [1.29, 1.82) is 0 Å². The zero-order valence-electron chi connectivity index (χ0n) is 19.4. The maximum atomic E-state index is 13.7. The zero-order valence-corrected chi connectivity index (χ0v) is 19.4. The van der Waals surface area contributed by atoms with Crippen molar-refractivity contribution >= 4 is 16.8 Å². The molecule has 1 amide bonds. The maximum absolute atomic E-state index is 13.7. The van der Waals surface area contributed by atoms with Crippen LogP contribution in [0.3, 0.4) is 0 Å². The number of benzene rings is 2. The summed E-state index contributed by atoms with van der Waals surface area (Å²) in [4.78, 5) is 23.0. The van der Waals surface area contributed by atoms with Crippen molar-refractivity contribution in [2.45, 2.75) is 64.6 Å². The second-order valence-electron chi connectivity index (χ2n) is 9.08. The number of piperidine rings is 1. The Labute approximate surface area is 192 Å². The highest BCUT2D eigenvalue weighted by atomic mass is 16.2. The molecule has 2 aromatic carbocycles. The van der Waals surface area contributed by atoms with Crippen molar-refractivity contribution in [1.82, 2.24) is 14.8 Å². The molecule has 0 spiro atoms. The Hall–Kier alpha value is -2.72. The van der Waals surface area contributed by atoms with Crippen LogP contribution in [0.4, 0.5) is 0 Å². The average molecular weight is 430 g/mol. The van der Waals surface area contributed by atoms with Crippen molar-refractivity contribution in [3.05, 3.63) is 78.0 Å². The maximum Gasteiger partial charge on any atom is 0.227 e. The normalized spacial score (nSPS) is 16.2. The number of hydrogen-bond acceptors (Lipinski definition) is 3. The molecule has 2 heterocycles. The van der Waals surface area contributed by atoms with Crippen LogP contribution in [0.2, 0.25) is 0 Å². The van der Waals surface area contributed by atoms with Crippen LogP contribution < -0.4 is 0 Å². The molecule has 1 unspecified atom stereocenters. The van der Waals surface area contributed by atoms with E-state index < -0.39 is 0 Å². The first kappa shape index (κ1) is 22.5. The summed E-state index contributed by atoms with van der Waals surface area (Å²) >= 11 is 0. The van der Waals surface area contributed by atoms with Gasteiger partial charge in [0.1, 0.15) is 0 Å². The Bertz CT molecular complexity index is 1010. The highest BCUT2D eigenvalue weighted by Gasteiger charge is 2.29. The van der Waals surface area contributed by atoms with Crippen LogP contribution in [-0.4, -0.2) is 45.9 Å². The number of carbonyl (C=O) groups is 1. The van der Waals surface area contributed by atoms with Crippen LogP contribution in [0, 0.1) is 0 Å². The van der Waals surface area contributed by atoms with Crippen LogP contribution in [0.1, 0.15) is 50.7 Å². The van der Waals surface area contributed by atoms with Crippen molar-refractivity contribution in [3.63, 3.8) is 0 Å². The summed E-state index contributed by atoms with van der Waals surface area (Å²) < 4.78 is 0.